The second kappa shape index (κ2) is 8.57. The highest BCUT2D eigenvalue weighted by molar-refractivity contribution is 5.95. The van der Waals surface area contributed by atoms with E-state index in [9.17, 15) is 10.1 Å². The Hall–Kier alpha value is -2.65. The highest BCUT2D eigenvalue weighted by Crippen LogP contribution is 2.31. The van der Waals surface area contributed by atoms with Crippen LogP contribution in [0.2, 0.25) is 0 Å². The van der Waals surface area contributed by atoms with E-state index in [0.29, 0.717) is 11.5 Å². The number of carbonyl (C=O) groups is 1. The molecule has 0 bridgehead atoms. The summed E-state index contributed by atoms with van der Waals surface area (Å²) in [5.74, 6) is 0.520. The number of amides is 1. The van der Waals surface area contributed by atoms with Crippen LogP contribution >= 0.6 is 0 Å². The number of nitriles is 1. The van der Waals surface area contributed by atoms with Crippen molar-refractivity contribution in [1.29, 1.82) is 5.26 Å². The molecule has 0 spiro atoms. The van der Waals surface area contributed by atoms with Crippen LogP contribution in [0.5, 0.6) is 0 Å². The van der Waals surface area contributed by atoms with Gasteiger partial charge in [-0.15, -0.1) is 0 Å². The number of nitrogens with zero attached hydrogens (tertiary/aromatic N) is 3. The highest BCUT2D eigenvalue weighted by atomic mass is 16.2. The molecule has 1 aliphatic heterocycles. The molecule has 1 amide bonds. The van der Waals surface area contributed by atoms with Crippen molar-refractivity contribution in [1.82, 2.24) is 10.3 Å². The lowest BCUT2D eigenvalue weighted by Crippen LogP contribution is -2.55. The van der Waals surface area contributed by atoms with E-state index >= 15 is 0 Å². The zero-order valence-electron chi connectivity index (χ0n) is 16.9. The number of nitrogens with one attached hydrogen (secondary N) is 1. The molecule has 1 aromatic carbocycles. The molecule has 2 heterocycles. The SMILES string of the molecule is CCC(C)C(N)C(=O)N[C@@H]1C[C@H](C)CN(c2ccc(C#N)c3ncccc23)C1. The number of hydrogen-bond donors (Lipinski definition) is 2. The first-order valence-electron chi connectivity index (χ1n) is 10.0. The highest BCUT2D eigenvalue weighted by Gasteiger charge is 2.29. The number of rotatable bonds is 5. The Kier molecular flexibility index (Phi) is 6.15. The predicted molar refractivity (Wildman–Crippen MR) is 112 cm³/mol. The summed E-state index contributed by atoms with van der Waals surface area (Å²) in [6.45, 7) is 7.88. The average molecular weight is 380 g/mol. The molecule has 28 heavy (non-hydrogen) atoms. The minimum absolute atomic E-state index is 0.0497. The van der Waals surface area contributed by atoms with E-state index in [-0.39, 0.29) is 17.9 Å². The van der Waals surface area contributed by atoms with Crippen molar-refractivity contribution >= 4 is 22.5 Å². The largest absolute Gasteiger partial charge is 0.369 e. The normalized spacial score (nSPS) is 21.8. The summed E-state index contributed by atoms with van der Waals surface area (Å²) in [4.78, 5) is 19.3. The van der Waals surface area contributed by atoms with Gasteiger partial charge in [0.05, 0.1) is 17.1 Å². The third kappa shape index (κ3) is 4.10. The van der Waals surface area contributed by atoms with Crippen LogP contribution < -0.4 is 16.0 Å². The molecule has 3 N–H and O–H groups in total. The van der Waals surface area contributed by atoms with E-state index in [0.717, 1.165) is 42.5 Å². The third-order valence-corrected chi connectivity index (χ3v) is 5.77. The predicted octanol–water partition coefficient (Wildman–Crippen LogP) is 2.81. The van der Waals surface area contributed by atoms with E-state index < -0.39 is 6.04 Å². The zero-order chi connectivity index (χ0) is 20.3. The molecular formula is C22H29N5O. The summed E-state index contributed by atoms with van der Waals surface area (Å²) in [5.41, 5.74) is 8.47. The van der Waals surface area contributed by atoms with Gasteiger partial charge in [-0.1, -0.05) is 27.2 Å². The first-order valence-corrected chi connectivity index (χ1v) is 10.0. The van der Waals surface area contributed by atoms with Gasteiger partial charge in [-0.05, 0) is 42.5 Å². The van der Waals surface area contributed by atoms with Gasteiger partial charge in [-0.25, -0.2) is 0 Å². The quantitative estimate of drug-likeness (QED) is 0.833. The van der Waals surface area contributed by atoms with Gasteiger partial charge in [-0.3, -0.25) is 9.78 Å². The Bertz CT molecular complexity index is 890. The molecule has 0 aliphatic carbocycles. The van der Waals surface area contributed by atoms with E-state index in [1.54, 1.807) is 6.20 Å². The van der Waals surface area contributed by atoms with E-state index in [4.69, 9.17) is 5.73 Å². The number of carbonyl (C=O) groups excluding carboxylic acids is 1. The van der Waals surface area contributed by atoms with Crippen molar-refractivity contribution in [3.63, 3.8) is 0 Å². The Morgan fingerprint density at radius 2 is 2.21 bits per heavy atom. The maximum atomic E-state index is 12.6. The van der Waals surface area contributed by atoms with Crippen molar-refractivity contribution in [2.24, 2.45) is 17.6 Å². The molecular weight excluding hydrogens is 350 g/mol. The summed E-state index contributed by atoms with van der Waals surface area (Å²) in [6.07, 6.45) is 3.53. The summed E-state index contributed by atoms with van der Waals surface area (Å²) in [5, 5.41) is 13.5. The van der Waals surface area contributed by atoms with Crippen molar-refractivity contribution in [2.45, 2.75) is 45.7 Å². The van der Waals surface area contributed by atoms with Crippen molar-refractivity contribution in [3.8, 4) is 6.07 Å². The smallest absolute Gasteiger partial charge is 0.237 e. The van der Waals surface area contributed by atoms with Crippen molar-refractivity contribution in [3.05, 3.63) is 36.0 Å². The van der Waals surface area contributed by atoms with Gasteiger partial charge in [-0.2, -0.15) is 5.26 Å². The zero-order valence-corrected chi connectivity index (χ0v) is 16.9. The molecule has 2 aromatic rings. The molecule has 1 saturated heterocycles. The molecule has 2 unspecified atom stereocenters. The van der Waals surface area contributed by atoms with Crippen LogP contribution in [0.1, 0.15) is 39.2 Å². The van der Waals surface area contributed by atoms with E-state index in [1.165, 1.54) is 0 Å². The summed E-state index contributed by atoms with van der Waals surface area (Å²) < 4.78 is 0. The maximum Gasteiger partial charge on any atom is 0.237 e. The summed E-state index contributed by atoms with van der Waals surface area (Å²) in [7, 11) is 0. The third-order valence-electron chi connectivity index (χ3n) is 5.77. The number of hydrogen-bond acceptors (Lipinski definition) is 5. The molecule has 148 valence electrons. The number of pyridine rings is 1. The molecule has 1 aromatic heterocycles. The lowest BCUT2D eigenvalue weighted by Gasteiger charge is -2.39. The Morgan fingerprint density at radius 3 is 2.93 bits per heavy atom. The van der Waals surface area contributed by atoms with Gasteiger partial charge in [0.1, 0.15) is 6.07 Å². The van der Waals surface area contributed by atoms with Crippen LogP contribution in [0.3, 0.4) is 0 Å². The lowest BCUT2D eigenvalue weighted by atomic mass is 9.93. The van der Waals surface area contributed by atoms with Crippen molar-refractivity contribution in [2.75, 3.05) is 18.0 Å². The fraction of sp³-hybridized carbons (Fsp3) is 0.500. The second-order valence-corrected chi connectivity index (χ2v) is 8.01. The maximum absolute atomic E-state index is 12.6. The molecule has 4 atom stereocenters. The van der Waals surface area contributed by atoms with Gasteiger partial charge in [0.25, 0.3) is 0 Å². The average Bonchev–Trinajstić information content (AvgIpc) is 2.71. The van der Waals surface area contributed by atoms with Crippen LogP contribution in [-0.4, -0.2) is 36.1 Å². The molecule has 3 rings (SSSR count). The molecule has 0 saturated carbocycles. The lowest BCUT2D eigenvalue weighted by molar-refractivity contribution is -0.124. The van der Waals surface area contributed by atoms with Crippen molar-refractivity contribution < 1.29 is 4.79 Å². The monoisotopic (exact) mass is 379 g/mol. The number of nitrogens with two attached hydrogens (primary N) is 1. The molecule has 0 radical (unpaired) electrons. The standard InChI is InChI=1S/C22H29N5O/c1-4-15(3)20(24)22(28)26-17-10-14(2)12-27(13-17)19-8-7-16(11-23)21-18(19)6-5-9-25-21/h5-9,14-15,17,20H,4,10,12-13,24H2,1-3H3,(H,26,28)/t14-,15?,17+,20?/m0/s1. The molecule has 6 nitrogen and oxygen atoms in total. The van der Waals surface area contributed by atoms with Crippen LogP contribution in [0.25, 0.3) is 10.9 Å². The number of piperidine rings is 1. The molecule has 1 fully saturated rings. The van der Waals surface area contributed by atoms with E-state index in [2.05, 4.69) is 28.2 Å². The number of fused-ring (bicyclic) bond motifs is 1. The van der Waals surface area contributed by atoms with Crippen LogP contribution in [0, 0.1) is 23.2 Å². The second-order valence-electron chi connectivity index (χ2n) is 8.01. The van der Waals surface area contributed by atoms with Crippen LogP contribution in [-0.2, 0) is 4.79 Å². The van der Waals surface area contributed by atoms with Gasteiger partial charge >= 0.3 is 0 Å². The first kappa shape index (κ1) is 20.1. The number of anilines is 1. The Labute approximate surface area is 166 Å². The topological polar surface area (TPSA) is 95.0 Å². The van der Waals surface area contributed by atoms with Crippen LogP contribution in [0.4, 0.5) is 5.69 Å². The van der Waals surface area contributed by atoms with Gasteiger partial charge in [0, 0.05) is 36.4 Å². The summed E-state index contributed by atoms with van der Waals surface area (Å²) in [6, 6.07) is 9.51. The van der Waals surface area contributed by atoms with Gasteiger partial charge in [0.2, 0.25) is 5.91 Å². The first-order chi connectivity index (χ1) is 13.4. The fourth-order valence-corrected chi connectivity index (χ4v) is 3.99. The minimum Gasteiger partial charge on any atom is -0.369 e. The Balaban J connectivity index is 1.83. The molecule has 1 aliphatic rings. The number of aromatic nitrogens is 1. The fourth-order valence-electron chi connectivity index (χ4n) is 3.99. The summed E-state index contributed by atoms with van der Waals surface area (Å²) >= 11 is 0. The van der Waals surface area contributed by atoms with Crippen LogP contribution in [0.15, 0.2) is 30.5 Å². The Morgan fingerprint density at radius 1 is 1.43 bits per heavy atom. The van der Waals surface area contributed by atoms with Gasteiger partial charge in [0.15, 0.2) is 0 Å². The molecule has 6 heteroatoms. The van der Waals surface area contributed by atoms with Gasteiger partial charge < -0.3 is 16.0 Å². The number of benzene rings is 1. The minimum atomic E-state index is -0.476. The van der Waals surface area contributed by atoms with E-state index in [1.807, 2.05) is 38.1 Å².